The minimum absolute atomic E-state index is 0.790. The molecule has 0 N–H and O–H groups in total. The molecule has 0 aliphatic heterocycles. The Morgan fingerprint density at radius 3 is 0.682 bits per heavy atom. The van der Waals surface area contributed by atoms with Gasteiger partial charge in [0.05, 0.1) is 0 Å². The summed E-state index contributed by atoms with van der Waals surface area (Å²) in [6.07, 6.45) is 46.2. The first-order chi connectivity index (χ1) is 31.8. The number of hydrogen-bond acceptors (Lipinski definition) is 0. The molecule has 402 valence electrons. The zero-order valence-corrected chi connectivity index (χ0v) is 51.5. The first-order valence-corrected chi connectivity index (χ1v) is 30.9. The topological polar surface area (TPSA) is 0 Å². The molecule has 0 bridgehead atoms. The lowest BCUT2D eigenvalue weighted by atomic mass is 9.82. The highest BCUT2D eigenvalue weighted by Gasteiger charge is 2.18. The van der Waals surface area contributed by atoms with Crippen LogP contribution in [0.1, 0.15) is 340 Å². The second kappa shape index (κ2) is 60.3. The Morgan fingerprint density at radius 2 is 0.455 bits per heavy atom. The second-order valence-electron chi connectivity index (χ2n) is 20.5. The van der Waals surface area contributed by atoms with E-state index in [1.165, 1.54) is 173 Å². The fourth-order valence-corrected chi connectivity index (χ4v) is 9.57. The molecular formula is C66H138. The van der Waals surface area contributed by atoms with Gasteiger partial charge in [-0.1, -0.05) is 304 Å². The summed E-state index contributed by atoms with van der Waals surface area (Å²) in [5.41, 5.74) is 5.05. The van der Waals surface area contributed by atoms with E-state index in [4.69, 9.17) is 0 Å². The lowest BCUT2D eigenvalue weighted by molar-refractivity contribution is 0.279. The maximum absolute atomic E-state index is 2.46. The summed E-state index contributed by atoms with van der Waals surface area (Å²) >= 11 is 0. The highest BCUT2D eigenvalue weighted by molar-refractivity contribution is 5.09. The van der Waals surface area contributed by atoms with Crippen molar-refractivity contribution in [3.8, 4) is 0 Å². The molecule has 0 aromatic heterocycles. The third kappa shape index (κ3) is 48.3. The van der Waals surface area contributed by atoms with Crippen molar-refractivity contribution in [2.75, 3.05) is 0 Å². The third-order valence-electron chi connectivity index (χ3n) is 14.0. The van der Waals surface area contributed by atoms with Crippen molar-refractivity contribution in [2.24, 2.45) is 53.3 Å². The summed E-state index contributed by atoms with van der Waals surface area (Å²) < 4.78 is 0. The third-order valence-corrected chi connectivity index (χ3v) is 14.0. The lowest BCUT2D eigenvalue weighted by Gasteiger charge is -2.24. The van der Waals surface area contributed by atoms with Gasteiger partial charge in [0.1, 0.15) is 0 Å². The average molecular weight is 932 g/mol. The summed E-state index contributed by atoms with van der Waals surface area (Å²) in [6, 6.07) is 0. The van der Waals surface area contributed by atoms with Gasteiger partial charge in [0.2, 0.25) is 0 Å². The van der Waals surface area contributed by atoms with Crippen LogP contribution in [0, 0.1) is 53.3 Å². The molecule has 0 nitrogen and oxygen atoms in total. The van der Waals surface area contributed by atoms with Crippen LogP contribution < -0.4 is 0 Å². The van der Waals surface area contributed by atoms with Gasteiger partial charge in [-0.25, -0.2) is 0 Å². The molecule has 0 aromatic carbocycles. The molecule has 0 amide bonds. The van der Waals surface area contributed by atoms with Crippen LogP contribution in [0.4, 0.5) is 0 Å². The molecule has 0 radical (unpaired) electrons. The molecule has 6 rings (SSSR count). The van der Waals surface area contributed by atoms with Crippen LogP contribution in [0.25, 0.3) is 0 Å². The van der Waals surface area contributed by atoms with Gasteiger partial charge in [0.25, 0.3) is 0 Å². The van der Waals surface area contributed by atoms with E-state index in [2.05, 4.69) is 101 Å². The molecule has 3 saturated carbocycles. The standard InChI is InChI=1S/C10H20.C10H18.C9H18.C9H16.C8H16.C8H14.6C2H6/c2*1-9(2)10-7-5-3-4-6-8-10;2*1-8(2)9-6-4-3-5-7-9;2*1-7(2)8-5-3-4-6-8;6*1-2/h9-10H,3-8H2,1-2H3;7,9H,3-6,8H2,1-2H3;8-9H,3-7H2,1-2H3;6,8H,3-5,7H2,1-2H3;7-8H,3-6H2,1-2H3;5,7H,3-4,6H2,1-2H3;6*1-2H3. The molecule has 0 saturated heterocycles. The first kappa shape index (κ1) is 76.7. The van der Waals surface area contributed by atoms with Crippen molar-refractivity contribution < 1.29 is 0 Å². The molecule has 0 heteroatoms. The predicted molar refractivity (Wildman–Crippen MR) is 316 cm³/mol. The molecule has 0 aromatic rings. The summed E-state index contributed by atoms with van der Waals surface area (Å²) in [5, 5.41) is 0. The van der Waals surface area contributed by atoms with Gasteiger partial charge in [-0.05, 0) is 124 Å². The van der Waals surface area contributed by atoms with Crippen molar-refractivity contribution in [1.29, 1.82) is 0 Å². The van der Waals surface area contributed by atoms with E-state index >= 15 is 0 Å². The summed E-state index contributed by atoms with van der Waals surface area (Å²) in [4.78, 5) is 0. The zero-order valence-electron chi connectivity index (χ0n) is 51.5. The number of hydrogen-bond donors (Lipinski definition) is 0. The summed E-state index contributed by atoms with van der Waals surface area (Å²) in [6.45, 7) is 51.9. The van der Waals surface area contributed by atoms with Crippen LogP contribution in [0.2, 0.25) is 0 Å². The van der Waals surface area contributed by atoms with E-state index in [9.17, 15) is 0 Å². The SMILES string of the molecule is CC.CC.CC.CC.CC.CC.CC(C)C1=CCCC1.CC(C)C1=CCCCC1.CC(C)C1=CCCCCC1.CC(C)C1CCCC1.CC(C)C1CCCCC1.CC(C)C1CCCCCC1. The van der Waals surface area contributed by atoms with E-state index < -0.39 is 0 Å². The molecule has 6 aliphatic rings. The highest BCUT2D eigenvalue weighted by Crippen LogP contribution is 2.31. The van der Waals surface area contributed by atoms with Gasteiger partial charge in [-0.15, -0.1) is 0 Å². The summed E-state index contributed by atoms with van der Waals surface area (Å²) in [7, 11) is 0. The fraction of sp³-hybridized carbons (Fsp3) is 0.909. The van der Waals surface area contributed by atoms with Crippen LogP contribution in [-0.4, -0.2) is 0 Å². The Labute approximate surface area is 425 Å². The molecule has 0 unspecified atom stereocenters. The Bertz CT molecular complexity index is 931. The molecule has 3 fully saturated rings. The molecule has 0 heterocycles. The van der Waals surface area contributed by atoms with E-state index in [1.54, 1.807) is 16.7 Å². The van der Waals surface area contributed by atoms with E-state index in [0.717, 1.165) is 53.3 Å². The lowest BCUT2D eigenvalue weighted by Crippen LogP contribution is -2.12. The summed E-state index contributed by atoms with van der Waals surface area (Å²) in [5.74, 6) is 8.36. The number of rotatable bonds is 6. The van der Waals surface area contributed by atoms with Gasteiger partial charge < -0.3 is 0 Å². The first-order valence-electron chi connectivity index (χ1n) is 30.9. The van der Waals surface area contributed by atoms with Crippen molar-refractivity contribution >= 4 is 0 Å². The van der Waals surface area contributed by atoms with Crippen molar-refractivity contribution in [3.05, 3.63) is 34.9 Å². The highest BCUT2D eigenvalue weighted by atomic mass is 14.2. The van der Waals surface area contributed by atoms with Crippen LogP contribution in [-0.2, 0) is 0 Å². The van der Waals surface area contributed by atoms with Gasteiger partial charge in [0, 0.05) is 0 Å². The van der Waals surface area contributed by atoms with E-state index in [1.807, 2.05) is 83.1 Å². The molecule has 6 aliphatic carbocycles. The maximum Gasteiger partial charge on any atom is -0.0260 e. The van der Waals surface area contributed by atoms with Crippen molar-refractivity contribution in [2.45, 2.75) is 340 Å². The minimum atomic E-state index is 0.790. The molecule has 66 heavy (non-hydrogen) atoms. The fourth-order valence-electron chi connectivity index (χ4n) is 9.57. The smallest absolute Gasteiger partial charge is 0.0260 e. The van der Waals surface area contributed by atoms with Crippen LogP contribution in [0.3, 0.4) is 0 Å². The van der Waals surface area contributed by atoms with Gasteiger partial charge in [-0.3, -0.25) is 0 Å². The van der Waals surface area contributed by atoms with Gasteiger partial charge in [0.15, 0.2) is 0 Å². The van der Waals surface area contributed by atoms with Gasteiger partial charge in [-0.2, -0.15) is 0 Å². The van der Waals surface area contributed by atoms with Crippen molar-refractivity contribution in [3.63, 3.8) is 0 Å². The minimum Gasteiger partial charge on any atom is -0.0851 e. The Balaban J connectivity index is -0.000000156. The van der Waals surface area contributed by atoms with Crippen LogP contribution in [0.15, 0.2) is 34.9 Å². The predicted octanol–water partition coefficient (Wildman–Crippen LogP) is 25.3. The Kier molecular flexibility index (Phi) is 70.1. The molecular weight excluding hydrogens is 793 g/mol. The van der Waals surface area contributed by atoms with E-state index in [-0.39, 0.29) is 0 Å². The second-order valence-corrected chi connectivity index (χ2v) is 20.5. The number of allylic oxidation sites excluding steroid dienone is 6. The molecule has 0 atom stereocenters. The Hall–Kier alpha value is -0.780. The largest absolute Gasteiger partial charge is 0.0851 e. The van der Waals surface area contributed by atoms with Crippen LogP contribution in [0.5, 0.6) is 0 Å². The average Bonchev–Trinajstić information content (AvgIpc) is 3.98. The van der Waals surface area contributed by atoms with E-state index in [0.29, 0.717) is 0 Å². The quantitative estimate of drug-likeness (QED) is 0.184. The van der Waals surface area contributed by atoms with Gasteiger partial charge >= 0.3 is 0 Å². The maximum atomic E-state index is 2.46. The Morgan fingerprint density at radius 1 is 0.258 bits per heavy atom. The normalized spacial score (nSPS) is 18.2. The van der Waals surface area contributed by atoms with Crippen molar-refractivity contribution in [1.82, 2.24) is 0 Å². The molecule has 0 spiro atoms. The van der Waals surface area contributed by atoms with Crippen LogP contribution >= 0.6 is 0 Å². The monoisotopic (exact) mass is 931 g/mol. The zero-order chi connectivity index (χ0) is 52.1.